The van der Waals surface area contributed by atoms with Gasteiger partial charge in [0.2, 0.25) is 0 Å². The maximum absolute atomic E-state index is 11.1. The zero-order valence-electron chi connectivity index (χ0n) is 8.94. The number of nitrogens with one attached hydrogen (secondary N) is 1. The average molecular weight is 265 g/mol. The Bertz CT molecular complexity index is 477. The van der Waals surface area contributed by atoms with Gasteiger partial charge in [-0.1, -0.05) is 11.6 Å². The lowest BCUT2D eigenvalue weighted by Gasteiger charge is -2.14. The number of nitrogens with zero attached hydrogens (tertiary/aromatic N) is 2. The van der Waals surface area contributed by atoms with Gasteiger partial charge in [0.15, 0.2) is 11.0 Å². The first-order valence-corrected chi connectivity index (χ1v) is 6.93. The van der Waals surface area contributed by atoms with Crippen molar-refractivity contribution in [1.82, 2.24) is 9.97 Å². The van der Waals surface area contributed by atoms with Crippen molar-refractivity contribution in [3.8, 4) is 0 Å². The van der Waals surface area contributed by atoms with E-state index >= 15 is 0 Å². The molecule has 90 valence electrons. The summed E-state index contributed by atoms with van der Waals surface area (Å²) in [7, 11) is -3.05. The summed E-state index contributed by atoms with van der Waals surface area (Å²) < 4.78 is 22.1. The van der Waals surface area contributed by atoms with Crippen LogP contribution < -0.4 is 11.1 Å². The van der Waals surface area contributed by atoms with Crippen molar-refractivity contribution in [1.29, 1.82) is 0 Å². The normalized spacial score (nSPS) is 13.4. The predicted octanol–water partition coefficient (Wildman–Crippen LogP) is 0.557. The van der Waals surface area contributed by atoms with Gasteiger partial charge in [-0.3, -0.25) is 0 Å². The summed E-state index contributed by atoms with van der Waals surface area (Å²) >= 11 is 5.70. The highest BCUT2D eigenvalue weighted by molar-refractivity contribution is 7.90. The van der Waals surface area contributed by atoms with Crippen LogP contribution in [0.3, 0.4) is 0 Å². The molecule has 8 heteroatoms. The van der Waals surface area contributed by atoms with Gasteiger partial charge in [0.1, 0.15) is 21.9 Å². The second-order valence-electron chi connectivity index (χ2n) is 3.56. The van der Waals surface area contributed by atoms with Crippen molar-refractivity contribution in [2.24, 2.45) is 0 Å². The molecule has 1 rings (SSSR count). The van der Waals surface area contributed by atoms with E-state index in [1.807, 2.05) is 0 Å². The number of sulfone groups is 1. The lowest BCUT2D eigenvalue weighted by atomic mass is 10.3. The summed E-state index contributed by atoms with van der Waals surface area (Å²) in [5.41, 5.74) is 5.84. The Hall–Kier alpha value is -1.08. The van der Waals surface area contributed by atoms with Gasteiger partial charge in [-0.25, -0.2) is 18.4 Å². The third-order valence-electron chi connectivity index (χ3n) is 1.77. The van der Waals surface area contributed by atoms with Crippen molar-refractivity contribution in [3.05, 3.63) is 11.5 Å². The highest BCUT2D eigenvalue weighted by Crippen LogP contribution is 2.22. The van der Waals surface area contributed by atoms with Crippen LogP contribution >= 0.6 is 11.6 Å². The summed E-state index contributed by atoms with van der Waals surface area (Å²) in [4.78, 5) is 7.57. The summed E-state index contributed by atoms with van der Waals surface area (Å²) in [5.74, 6) is 0.338. The molecule has 0 fully saturated rings. The Balaban J connectivity index is 2.77. The first-order chi connectivity index (χ1) is 7.29. The highest BCUT2D eigenvalue weighted by atomic mass is 35.5. The third kappa shape index (κ3) is 3.82. The van der Waals surface area contributed by atoms with Crippen molar-refractivity contribution in [2.45, 2.75) is 13.0 Å². The molecule has 0 amide bonds. The van der Waals surface area contributed by atoms with E-state index in [2.05, 4.69) is 15.3 Å². The summed E-state index contributed by atoms with van der Waals surface area (Å²) in [5, 5.41) is 3.01. The number of halogens is 1. The molecule has 0 bridgehead atoms. The Kier molecular flexibility index (Phi) is 3.93. The predicted molar refractivity (Wildman–Crippen MR) is 64.2 cm³/mol. The molecule has 3 N–H and O–H groups in total. The van der Waals surface area contributed by atoms with Crippen molar-refractivity contribution < 1.29 is 8.42 Å². The van der Waals surface area contributed by atoms with Crippen LogP contribution in [0.4, 0.5) is 11.5 Å². The quantitative estimate of drug-likeness (QED) is 0.771. The largest absolute Gasteiger partial charge is 0.393 e. The molecule has 0 radical (unpaired) electrons. The van der Waals surface area contributed by atoms with Gasteiger partial charge in [0, 0.05) is 12.3 Å². The minimum atomic E-state index is -3.05. The van der Waals surface area contributed by atoms with Gasteiger partial charge in [0.05, 0.1) is 5.75 Å². The molecule has 1 aromatic heterocycles. The Labute approximate surface area is 99.1 Å². The van der Waals surface area contributed by atoms with E-state index in [4.69, 9.17) is 17.3 Å². The summed E-state index contributed by atoms with van der Waals surface area (Å²) in [6.45, 7) is 1.72. The van der Waals surface area contributed by atoms with E-state index < -0.39 is 9.84 Å². The molecule has 0 saturated heterocycles. The van der Waals surface area contributed by atoms with Crippen LogP contribution in [0.2, 0.25) is 5.15 Å². The molecule has 0 aliphatic rings. The molecule has 1 heterocycles. The molecule has 0 aliphatic carbocycles. The maximum Gasteiger partial charge on any atom is 0.157 e. The molecule has 0 aliphatic heterocycles. The topological polar surface area (TPSA) is 98.0 Å². The van der Waals surface area contributed by atoms with E-state index in [-0.39, 0.29) is 22.6 Å². The standard InChI is InChI=1S/C8H13ClN4O2S/c1-5(3-16(2,14)15)13-8-6(10)7(9)11-4-12-8/h4-5H,3,10H2,1-2H3,(H,11,12,13). The van der Waals surface area contributed by atoms with Crippen LogP contribution in [0.25, 0.3) is 0 Å². The molecular formula is C8H13ClN4O2S. The van der Waals surface area contributed by atoms with Crippen LogP contribution in [0.1, 0.15) is 6.92 Å². The third-order valence-corrected chi connectivity index (χ3v) is 3.18. The zero-order valence-corrected chi connectivity index (χ0v) is 10.5. The number of anilines is 2. The summed E-state index contributed by atoms with van der Waals surface area (Å²) in [6, 6.07) is -0.303. The number of rotatable bonds is 4. The molecular weight excluding hydrogens is 252 g/mol. The Morgan fingerprint density at radius 2 is 2.19 bits per heavy atom. The van der Waals surface area contributed by atoms with Crippen molar-refractivity contribution in [2.75, 3.05) is 23.1 Å². The number of hydrogen-bond acceptors (Lipinski definition) is 6. The fourth-order valence-corrected chi connectivity index (χ4v) is 2.34. The lowest BCUT2D eigenvalue weighted by molar-refractivity contribution is 0.598. The monoisotopic (exact) mass is 264 g/mol. The number of nitrogens with two attached hydrogens (primary N) is 1. The smallest absolute Gasteiger partial charge is 0.157 e. The van der Waals surface area contributed by atoms with E-state index in [0.29, 0.717) is 5.82 Å². The van der Waals surface area contributed by atoms with Gasteiger partial charge in [-0.05, 0) is 6.92 Å². The van der Waals surface area contributed by atoms with Crippen LogP contribution in [-0.2, 0) is 9.84 Å². The van der Waals surface area contributed by atoms with Gasteiger partial charge in [-0.15, -0.1) is 0 Å². The Morgan fingerprint density at radius 1 is 1.56 bits per heavy atom. The van der Waals surface area contributed by atoms with Crippen LogP contribution in [0.15, 0.2) is 6.33 Å². The van der Waals surface area contributed by atoms with Gasteiger partial charge in [0.25, 0.3) is 0 Å². The molecule has 1 unspecified atom stereocenters. The average Bonchev–Trinajstić information content (AvgIpc) is 2.09. The van der Waals surface area contributed by atoms with Gasteiger partial charge in [-0.2, -0.15) is 0 Å². The fourth-order valence-electron chi connectivity index (χ4n) is 1.22. The molecule has 0 spiro atoms. The first kappa shape index (κ1) is 13.0. The zero-order chi connectivity index (χ0) is 12.3. The second-order valence-corrected chi connectivity index (χ2v) is 6.11. The number of aromatic nitrogens is 2. The van der Waals surface area contributed by atoms with Gasteiger partial charge < -0.3 is 11.1 Å². The van der Waals surface area contributed by atoms with Crippen molar-refractivity contribution >= 4 is 32.9 Å². The minimum absolute atomic E-state index is 0.00589. The molecule has 0 aromatic carbocycles. The number of nitrogen functional groups attached to an aromatic ring is 1. The molecule has 1 aromatic rings. The first-order valence-electron chi connectivity index (χ1n) is 4.50. The van der Waals surface area contributed by atoms with E-state index in [9.17, 15) is 8.42 Å². The molecule has 0 saturated carbocycles. The molecule has 1 atom stereocenters. The second kappa shape index (κ2) is 4.84. The minimum Gasteiger partial charge on any atom is -0.393 e. The highest BCUT2D eigenvalue weighted by Gasteiger charge is 2.13. The van der Waals surface area contributed by atoms with Gasteiger partial charge >= 0.3 is 0 Å². The summed E-state index contributed by atoms with van der Waals surface area (Å²) in [6.07, 6.45) is 2.43. The van der Waals surface area contributed by atoms with Crippen molar-refractivity contribution in [3.63, 3.8) is 0 Å². The molecule has 6 nitrogen and oxygen atoms in total. The van der Waals surface area contributed by atoms with Crippen LogP contribution in [-0.4, -0.2) is 36.4 Å². The van der Waals surface area contributed by atoms with Crippen LogP contribution in [0, 0.1) is 0 Å². The van der Waals surface area contributed by atoms with E-state index in [0.717, 1.165) is 0 Å². The number of hydrogen-bond donors (Lipinski definition) is 2. The maximum atomic E-state index is 11.1. The van der Waals surface area contributed by atoms with E-state index in [1.54, 1.807) is 6.92 Å². The molecule has 16 heavy (non-hydrogen) atoms. The lowest BCUT2D eigenvalue weighted by Crippen LogP contribution is -2.26. The van der Waals surface area contributed by atoms with Crippen LogP contribution in [0.5, 0.6) is 0 Å². The van der Waals surface area contributed by atoms with E-state index in [1.165, 1.54) is 12.6 Å². The SMILES string of the molecule is CC(CS(C)(=O)=O)Nc1ncnc(Cl)c1N. The fraction of sp³-hybridized carbons (Fsp3) is 0.500. The Morgan fingerprint density at radius 3 is 2.75 bits per heavy atom.